The second kappa shape index (κ2) is 4.65. The quantitative estimate of drug-likeness (QED) is 0.781. The Bertz CT molecular complexity index is 349. The van der Waals surface area contributed by atoms with Crippen LogP contribution in [-0.2, 0) is 11.3 Å². The minimum absolute atomic E-state index is 0.106. The van der Waals surface area contributed by atoms with Crippen molar-refractivity contribution in [2.45, 2.75) is 31.8 Å². The molecular weight excluding hydrogens is 204 g/mol. The van der Waals surface area contributed by atoms with Gasteiger partial charge in [-0.1, -0.05) is 0 Å². The molecule has 0 bridgehead atoms. The summed E-state index contributed by atoms with van der Waals surface area (Å²) in [5, 5.41) is 0. The van der Waals surface area contributed by atoms with Crippen LogP contribution >= 0.6 is 0 Å². The van der Waals surface area contributed by atoms with Crippen LogP contribution in [0.25, 0.3) is 0 Å². The SMILES string of the molecule is CN(Cc1ncc[nH]1)C(=O)C1CCC(N)C1. The average molecular weight is 222 g/mol. The fourth-order valence-corrected chi connectivity index (χ4v) is 2.24. The molecule has 1 aromatic rings. The lowest BCUT2D eigenvalue weighted by molar-refractivity contribution is -0.134. The van der Waals surface area contributed by atoms with Crippen molar-refractivity contribution in [2.75, 3.05) is 7.05 Å². The van der Waals surface area contributed by atoms with Gasteiger partial charge < -0.3 is 15.6 Å². The molecule has 1 aliphatic carbocycles. The van der Waals surface area contributed by atoms with E-state index in [1.54, 1.807) is 17.3 Å². The van der Waals surface area contributed by atoms with E-state index in [9.17, 15) is 4.79 Å². The first kappa shape index (κ1) is 11.1. The van der Waals surface area contributed by atoms with Crippen molar-refractivity contribution in [3.63, 3.8) is 0 Å². The number of aromatic amines is 1. The number of hydrogen-bond acceptors (Lipinski definition) is 3. The number of carbonyl (C=O) groups is 1. The van der Waals surface area contributed by atoms with Gasteiger partial charge in [-0.2, -0.15) is 0 Å². The monoisotopic (exact) mass is 222 g/mol. The van der Waals surface area contributed by atoms with Crippen molar-refractivity contribution in [1.82, 2.24) is 14.9 Å². The topological polar surface area (TPSA) is 75.0 Å². The number of nitrogens with zero attached hydrogens (tertiary/aromatic N) is 2. The molecule has 1 aliphatic rings. The largest absolute Gasteiger partial charge is 0.347 e. The van der Waals surface area contributed by atoms with Crippen LogP contribution in [0.5, 0.6) is 0 Å². The minimum atomic E-state index is 0.106. The smallest absolute Gasteiger partial charge is 0.225 e. The molecule has 0 aromatic carbocycles. The third-order valence-electron chi connectivity index (χ3n) is 3.14. The summed E-state index contributed by atoms with van der Waals surface area (Å²) in [7, 11) is 1.81. The number of nitrogens with one attached hydrogen (secondary N) is 1. The Morgan fingerprint density at radius 2 is 2.50 bits per heavy atom. The first-order valence-corrected chi connectivity index (χ1v) is 5.65. The first-order valence-electron chi connectivity index (χ1n) is 5.65. The molecule has 1 amide bonds. The summed E-state index contributed by atoms with van der Waals surface area (Å²) in [5.74, 6) is 1.11. The molecule has 0 spiro atoms. The Hall–Kier alpha value is -1.36. The number of aromatic nitrogens is 2. The molecule has 1 saturated carbocycles. The van der Waals surface area contributed by atoms with Gasteiger partial charge >= 0.3 is 0 Å². The van der Waals surface area contributed by atoms with Crippen molar-refractivity contribution in [3.8, 4) is 0 Å². The lowest BCUT2D eigenvalue weighted by Crippen LogP contribution is -2.32. The first-order chi connectivity index (χ1) is 7.66. The van der Waals surface area contributed by atoms with Crippen molar-refractivity contribution in [3.05, 3.63) is 18.2 Å². The molecular formula is C11H18N4O. The van der Waals surface area contributed by atoms with Gasteiger partial charge in [0.15, 0.2) is 0 Å². The van der Waals surface area contributed by atoms with E-state index in [1.807, 2.05) is 7.05 Å². The molecule has 1 heterocycles. The van der Waals surface area contributed by atoms with E-state index in [2.05, 4.69) is 9.97 Å². The zero-order valence-corrected chi connectivity index (χ0v) is 9.52. The van der Waals surface area contributed by atoms with Crippen molar-refractivity contribution in [1.29, 1.82) is 0 Å². The molecule has 1 fully saturated rings. The maximum absolute atomic E-state index is 12.0. The average Bonchev–Trinajstić information content (AvgIpc) is 2.88. The van der Waals surface area contributed by atoms with Gasteiger partial charge in [-0.3, -0.25) is 4.79 Å². The summed E-state index contributed by atoms with van der Waals surface area (Å²) in [6.45, 7) is 0.539. The van der Waals surface area contributed by atoms with E-state index in [0.29, 0.717) is 6.54 Å². The summed E-state index contributed by atoms with van der Waals surface area (Å²) >= 11 is 0. The molecule has 2 atom stereocenters. The third-order valence-corrected chi connectivity index (χ3v) is 3.14. The highest BCUT2D eigenvalue weighted by Crippen LogP contribution is 2.25. The lowest BCUT2D eigenvalue weighted by Gasteiger charge is -2.19. The molecule has 2 rings (SSSR count). The van der Waals surface area contributed by atoms with Crippen LogP contribution in [0.2, 0.25) is 0 Å². The number of amides is 1. The van der Waals surface area contributed by atoms with Crippen molar-refractivity contribution in [2.24, 2.45) is 11.7 Å². The van der Waals surface area contributed by atoms with Gasteiger partial charge in [0.1, 0.15) is 5.82 Å². The Kier molecular flexibility index (Phi) is 3.24. The van der Waals surface area contributed by atoms with Crippen LogP contribution in [-0.4, -0.2) is 33.9 Å². The Balaban J connectivity index is 1.89. The molecule has 3 N–H and O–H groups in total. The molecule has 1 aromatic heterocycles. The Morgan fingerprint density at radius 3 is 3.06 bits per heavy atom. The summed E-state index contributed by atoms with van der Waals surface area (Å²) in [6, 6.07) is 0.200. The van der Waals surface area contributed by atoms with E-state index in [1.165, 1.54) is 0 Å². The molecule has 16 heavy (non-hydrogen) atoms. The van der Waals surface area contributed by atoms with Crippen LogP contribution in [0.3, 0.4) is 0 Å². The predicted octanol–water partition coefficient (Wildman–Crippen LogP) is 0.496. The van der Waals surface area contributed by atoms with Crippen LogP contribution in [0, 0.1) is 5.92 Å². The highest BCUT2D eigenvalue weighted by Gasteiger charge is 2.29. The highest BCUT2D eigenvalue weighted by atomic mass is 16.2. The lowest BCUT2D eigenvalue weighted by atomic mass is 10.1. The summed E-state index contributed by atoms with van der Waals surface area (Å²) in [4.78, 5) is 20.9. The van der Waals surface area contributed by atoms with Crippen LogP contribution in [0.1, 0.15) is 25.1 Å². The number of hydrogen-bond donors (Lipinski definition) is 2. The van der Waals surface area contributed by atoms with Gasteiger partial charge in [-0.15, -0.1) is 0 Å². The minimum Gasteiger partial charge on any atom is -0.347 e. The Labute approximate surface area is 95.0 Å². The fourth-order valence-electron chi connectivity index (χ4n) is 2.24. The summed E-state index contributed by atoms with van der Waals surface area (Å²) in [6.07, 6.45) is 6.16. The number of rotatable bonds is 3. The van der Waals surface area contributed by atoms with E-state index in [-0.39, 0.29) is 17.9 Å². The Morgan fingerprint density at radius 1 is 1.69 bits per heavy atom. The van der Waals surface area contributed by atoms with Gasteiger partial charge in [0, 0.05) is 31.4 Å². The zero-order valence-electron chi connectivity index (χ0n) is 9.52. The predicted molar refractivity (Wildman–Crippen MR) is 60.4 cm³/mol. The molecule has 5 heteroatoms. The van der Waals surface area contributed by atoms with E-state index in [4.69, 9.17) is 5.73 Å². The standard InChI is InChI=1S/C11H18N4O/c1-15(7-10-13-4-5-14-10)11(16)8-2-3-9(12)6-8/h4-5,8-9H,2-3,6-7,12H2,1H3,(H,13,14). The van der Waals surface area contributed by atoms with E-state index < -0.39 is 0 Å². The van der Waals surface area contributed by atoms with Gasteiger partial charge in [-0.05, 0) is 19.3 Å². The highest BCUT2D eigenvalue weighted by molar-refractivity contribution is 5.78. The summed E-state index contributed by atoms with van der Waals surface area (Å²) < 4.78 is 0. The van der Waals surface area contributed by atoms with Crippen LogP contribution in [0.15, 0.2) is 12.4 Å². The molecule has 88 valence electrons. The molecule has 2 unspecified atom stereocenters. The van der Waals surface area contributed by atoms with Crippen molar-refractivity contribution >= 4 is 5.91 Å². The van der Waals surface area contributed by atoms with Gasteiger partial charge in [-0.25, -0.2) is 4.98 Å². The van der Waals surface area contributed by atoms with Gasteiger partial charge in [0.2, 0.25) is 5.91 Å². The van der Waals surface area contributed by atoms with E-state index >= 15 is 0 Å². The molecule has 5 nitrogen and oxygen atoms in total. The maximum atomic E-state index is 12.0. The maximum Gasteiger partial charge on any atom is 0.225 e. The number of H-pyrrole nitrogens is 1. The van der Waals surface area contributed by atoms with Crippen LogP contribution < -0.4 is 5.73 Å². The van der Waals surface area contributed by atoms with E-state index in [0.717, 1.165) is 25.1 Å². The number of carbonyl (C=O) groups excluding carboxylic acids is 1. The number of imidazole rings is 1. The third kappa shape index (κ3) is 2.41. The van der Waals surface area contributed by atoms with Gasteiger partial charge in [0.25, 0.3) is 0 Å². The second-order valence-electron chi connectivity index (χ2n) is 4.50. The second-order valence-corrected chi connectivity index (χ2v) is 4.50. The van der Waals surface area contributed by atoms with Crippen molar-refractivity contribution < 1.29 is 4.79 Å². The fraction of sp³-hybridized carbons (Fsp3) is 0.636. The summed E-state index contributed by atoms with van der Waals surface area (Å²) in [5.41, 5.74) is 5.81. The van der Waals surface area contributed by atoms with Gasteiger partial charge in [0.05, 0.1) is 6.54 Å². The zero-order chi connectivity index (χ0) is 11.5. The molecule has 0 aliphatic heterocycles. The molecule has 0 saturated heterocycles. The normalized spacial score (nSPS) is 24.6. The number of nitrogens with two attached hydrogens (primary N) is 1. The molecule has 0 radical (unpaired) electrons. The van der Waals surface area contributed by atoms with Crippen LogP contribution in [0.4, 0.5) is 0 Å².